The minimum atomic E-state index is 0.138. The zero-order chi connectivity index (χ0) is 37.0. The fraction of sp³-hybridized carbons (Fsp3) is 0.431. The molecule has 4 fully saturated rings. The maximum absolute atomic E-state index is 9.84. The molecule has 0 N–H and O–H groups in total. The van der Waals surface area contributed by atoms with Crippen molar-refractivity contribution in [3.63, 3.8) is 0 Å². The Morgan fingerprint density at radius 2 is 1.00 bits per heavy atom. The molecule has 4 bridgehead atoms. The third kappa shape index (κ3) is 6.72. The molecule has 2 unspecified atom stereocenters. The monoisotopic (exact) mass is 709 g/mol. The van der Waals surface area contributed by atoms with Gasteiger partial charge in [0.05, 0.1) is 23.0 Å². The van der Waals surface area contributed by atoms with Crippen LogP contribution in [-0.4, -0.2) is 9.97 Å². The first-order chi connectivity index (χ1) is 26.2. The van der Waals surface area contributed by atoms with Gasteiger partial charge in [-0.2, -0.15) is 5.26 Å². The summed E-state index contributed by atoms with van der Waals surface area (Å²) in [4.78, 5) is 10.8. The van der Waals surface area contributed by atoms with E-state index in [1.165, 1.54) is 75.3 Å². The van der Waals surface area contributed by atoms with Gasteiger partial charge >= 0.3 is 0 Å². The van der Waals surface area contributed by atoms with E-state index in [1.807, 2.05) is 18.2 Å². The largest absolute Gasteiger partial charge is 0.228 e. The van der Waals surface area contributed by atoms with Gasteiger partial charge in [-0.15, -0.1) is 0 Å². The third-order valence-electron chi connectivity index (χ3n) is 14.0. The second kappa shape index (κ2) is 13.9. The van der Waals surface area contributed by atoms with Crippen molar-refractivity contribution in [1.82, 2.24) is 9.97 Å². The molecule has 4 saturated carbocycles. The number of benzene rings is 4. The molecule has 3 heteroatoms. The Morgan fingerprint density at radius 3 is 1.57 bits per heavy atom. The maximum Gasteiger partial charge on any atom is 0.160 e. The van der Waals surface area contributed by atoms with Crippen LogP contribution in [0.25, 0.3) is 45.0 Å². The molecule has 5 aromatic rings. The molecule has 274 valence electrons. The summed E-state index contributed by atoms with van der Waals surface area (Å²) in [5.74, 6) is 5.38. The molecule has 9 rings (SSSR count). The van der Waals surface area contributed by atoms with Gasteiger partial charge in [0.2, 0.25) is 0 Å². The third-order valence-corrected chi connectivity index (χ3v) is 14.0. The molecule has 1 aromatic heterocycles. The average Bonchev–Trinajstić information content (AvgIpc) is 3.17. The molecule has 0 aliphatic heterocycles. The number of fused-ring (bicyclic) bond motifs is 4. The summed E-state index contributed by atoms with van der Waals surface area (Å²) >= 11 is 0. The molecule has 54 heavy (non-hydrogen) atoms. The molecule has 3 nitrogen and oxygen atoms in total. The van der Waals surface area contributed by atoms with Crippen molar-refractivity contribution in [2.75, 3.05) is 0 Å². The molecule has 0 amide bonds. The maximum atomic E-state index is 9.84. The van der Waals surface area contributed by atoms with Crippen molar-refractivity contribution in [2.45, 2.75) is 103 Å². The molecule has 4 aromatic carbocycles. The van der Waals surface area contributed by atoms with Crippen LogP contribution in [0.4, 0.5) is 0 Å². The van der Waals surface area contributed by atoms with E-state index in [-0.39, 0.29) is 5.41 Å². The summed E-state index contributed by atoms with van der Waals surface area (Å²) in [5.41, 5.74) is 11.5. The lowest BCUT2D eigenvalue weighted by atomic mass is 9.54. The van der Waals surface area contributed by atoms with Crippen LogP contribution in [0.1, 0.15) is 109 Å². The lowest BCUT2D eigenvalue weighted by molar-refractivity contribution is 0.0779. The number of hydrogen-bond acceptors (Lipinski definition) is 3. The Balaban J connectivity index is 1.18. The molecule has 8 atom stereocenters. The van der Waals surface area contributed by atoms with Crippen LogP contribution in [0, 0.1) is 46.8 Å². The Bertz CT molecular complexity index is 2150. The smallest absolute Gasteiger partial charge is 0.160 e. The first-order valence-corrected chi connectivity index (χ1v) is 20.9. The van der Waals surface area contributed by atoms with Gasteiger partial charge in [-0.05, 0) is 163 Å². The van der Waals surface area contributed by atoms with Crippen molar-refractivity contribution >= 4 is 0 Å². The minimum Gasteiger partial charge on any atom is -0.228 e. The first kappa shape index (κ1) is 35.2. The SMILES string of the molecule is C[C@@H]1C[C@@H]2C[C@H](C)CC(c3ccc(-c4cc(-c5ccccc5)nc(-c5cc(-c6cccc(C#N)c6)cc(C67C[C@H](C)C[C@H](C[C@H](C)C6)C7)c5)n4)cc3)(C1)C2. The summed E-state index contributed by atoms with van der Waals surface area (Å²) in [6.45, 7) is 9.87. The van der Waals surface area contributed by atoms with E-state index in [0.717, 1.165) is 68.7 Å². The van der Waals surface area contributed by atoms with E-state index >= 15 is 0 Å². The molecule has 4 aliphatic rings. The topological polar surface area (TPSA) is 49.6 Å². The fourth-order valence-electron chi connectivity index (χ4n) is 12.6. The number of aromatic nitrogens is 2. The number of nitrogens with zero attached hydrogens (tertiary/aromatic N) is 3. The highest BCUT2D eigenvalue weighted by Gasteiger charge is 2.46. The van der Waals surface area contributed by atoms with Crippen LogP contribution in [0.2, 0.25) is 0 Å². The van der Waals surface area contributed by atoms with Gasteiger partial charge < -0.3 is 0 Å². The highest BCUT2D eigenvalue weighted by atomic mass is 14.9. The van der Waals surface area contributed by atoms with Crippen molar-refractivity contribution in [1.29, 1.82) is 5.26 Å². The van der Waals surface area contributed by atoms with Crippen molar-refractivity contribution in [2.24, 2.45) is 35.5 Å². The molecule has 1 heterocycles. The van der Waals surface area contributed by atoms with Gasteiger partial charge in [-0.25, -0.2) is 9.97 Å². The van der Waals surface area contributed by atoms with E-state index < -0.39 is 0 Å². The van der Waals surface area contributed by atoms with Crippen molar-refractivity contribution in [3.8, 4) is 51.1 Å². The average molecular weight is 710 g/mol. The highest BCUT2D eigenvalue weighted by Crippen LogP contribution is 2.56. The van der Waals surface area contributed by atoms with Gasteiger partial charge in [0.25, 0.3) is 0 Å². The van der Waals surface area contributed by atoms with Gasteiger partial charge in [-0.1, -0.05) is 100 Å². The summed E-state index contributed by atoms with van der Waals surface area (Å²) in [5, 5.41) is 9.84. The van der Waals surface area contributed by atoms with E-state index in [1.54, 1.807) is 0 Å². The molecule has 0 radical (unpaired) electrons. The van der Waals surface area contributed by atoms with Crippen LogP contribution in [0.15, 0.2) is 103 Å². The van der Waals surface area contributed by atoms with Crippen LogP contribution in [0.5, 0.6) is 0 Å². The molecule has 0 spiro atoms. The van der Waals surface area contributed by atoms with Crippen LogP contribution < -0.4 is 0 Å². The summed E-state index contributed by atoms with van der Waals surface area (Å²) in [6.07, 6.45) is 13.1. The molecule has 0 saturated heterocycles. The molecular weight excluding hydrogens is 655 g/mol. The predicted octanol–water partition coefficient (Wildman–Crippen LogP) is 13.2. The lowest BCUT2D eigenvalue weighted by Gasteiger charge is -2.50. The fourth-order valence-corrected chi connectivity index (χ4v) is 12.6. The van der Waals surface area contributed by atoms with Gasteiger partial charge in [-0.3, -0.25) is 0 Å². The van der Waals surface area contributed by atoms with Crippen molar-refractivity contribution < 1.29 is 0 Å². The summed E-state index contributed by atoms with van der Waals surface area (Å²) in [6, 6.07) is 39.9. The van der Waals surface area contributed by atoms with E-state index in [9.17, 15) is 5.26 Å². The second-order valence-corrected chi connectivity index (χ2v) is 18.8. The van der Waals surface area contributed by atoms with E-state index in [4.69, 9.17) is 9.97 Å². The summed E-state index contributed by atoms with van der Waals surface area (Å²) < 4.78 is 0. The molecule has 4 aliphatic carbocycles. The zero-order valence-electron chi connectivity index (χ0n) is 32.7. The minimum absolute atomic E-state index is 0.138. The summed E-state index contributed by atoms with van der Waals surface area (Å²) in [7, 11) is 0. The van der Waals surface area contributed by atoms with Gasteiger partial charge in [0, 0.05) is 16.7 Å². The van der Waals surface area contributed by atoms with E-state index in [0.29, 0.717) is 22.8 Å². The molecular formula is C51H55N3. The van der Waals surface area contributed by atoms with Gasteiger partial charge in [0.1, 0.15) is 0 Å². The second-order valence-electron chi connectivity index (χ2n) is 18.8. The predicted molar refractivity (Wildman–Crippen MR) is 222 cm³/mol. The first-order valence-electron chi connectivity index (χ1n) is 20.9. The number of nitriles is 1. The highest BCUT2D eigenvalue weighted by molar-refractivity contribution is 5.76. The quantitative estimate of drug-likeness (QED) is 0.176. The Kier molecular flexibility index (Phi) is 9.08. The zero-order valence-corrected chi connectivity index (χ0v) is 32.7. The Hall–Kier alpha value is -4.55. The number of rotatable bonds is 6. The standard InChI is InChI=1S/C51H55N3/c1-33-17-38-18-34(2)27-50(26-33,30-38)45-15-13-41(14-16-45)48-25-47(40-10-6-5-7-11-40)53-49(54-48)44-22-43(42-12-8-9-37(21-42)32-52)23-46(24-44)51-28-35(3)19-39(31-51)20-36(4)29-51/h5-16,21-25,33-36,38-39H,17-20,26-31H2,1-4H3/t33-,34+,35-,36+,38-,39-,50?,51?. The van der Waals surface area contributed by atoms with Crippen LogP contribution in [-0.2, 0) is 10.8 Å². The number of hydrogen-bond donors (Lipinski definition) is 0. The van der Waals surface area contributed by atoms with Crippen molar-refractivity contribution in [3.05, 3.63) is 120 Å². The Labute approximate surface area is 323 Å². The normalized spacial score (nSPS) is 30.4. The van der Waals surface area contributed by atoms with E-state index in [2.05, 4.69) is 119 Å². The van der Waals surface area contributed by atoms with Gasteiger partial charge in [0.15, 0.2) is 5.82 Å². The van der Waals surface area contributed by atoms with Crippen LogP contribution >= 0.6 is 0 Å². The Morgan fingerprint density at radius 1 is 0.481 bits per heavy atom. The lowest BCUT2D eigenvalue weighted by Crippen LogP contribution is -2.42. The van der Waals surface area contributed by atoms with Crippen LogP contribution in [0.3, 0.4) is 0 Å².